The van der Waals surface area contributed by atoms with Crippen molar-refractivity contribution in [1.29, 1.82) is 0 Å². The van der Waals surface area contributed by atoms with Gasteiger partial charge in [-0.3, -0.25) is 9.69 Å². The first-order valence-electron chi connectivity index (χ1n) is 7.48. The van der Waals surface area contributed by atoms with E-state index in [1.54, 1.807) is 0 Å². The molecule has 2 rings (SSSR count). The number of benzene rings is 1. The fraction of sp³-hybridized carbons (Fsp3) is 0.529. The summed E-state index contributed by atoms with van der Waals surface area (Å²) in [7, 11) is 1.46. The van der Waals surface area contributed by atoms with E-state index in [0.29, 0.717) is 18.5 Å². The maximum Gasteiger partial charge on any atom is 0.373 e. The molecule has 1 aliphatic rings. The summed E-state index contributed by atoms with van der Waals surface area (Å²) >= 11 is 0. The molecular formula is C17H23NO4. The molecule has 0 amide bonds. The fourth-order valence-electron chi connectivity index (χ4n) is 2.90. The Morgan fingerprint density at radius 1 is 1.27 bits per heavy atom. The Labute approximate surface area is 131 Å². The molecule has 22 heavy (non-hydrogen) atoms. The summed E-state index contributed by atoms with van der Waals surface area (Å²) in [6, 6.07) is 11.7. The first-order chi connectivity index (χ1) is 10.6. The van der Waals surface area contributed by atoms with Crippen LogP contribution in [0.15, 0.2) is 30.3 Å². The highest BCUT2D eigenvalue weighted by Crippen LogP contribution is 2.28. The van der Waals surface area contributed by atoms with Crippen molar-refractivity contribution < 1.29 is 19.1 Å². The van der Waals surface area contributed by atoms with Gasteiger partial charge in [-0.25, -0.2) is 0 Å². The van der Waals surface area contributed by atoms with Crippen molar-refractivity contribution in [3.63, 3.8) is 0 Å². The minimum Gasteiger partial charge on any atom is -0.469 e. The Hall–Kier alpha value is -1.97. The zero-order valence-corrected chi connectivity index (χ0v) is 13.2. The van der Waals surface area contributed by atoms with Gasteiger partial charge in [-0.2, -0.15) is 9.59 Å². The number of ether oxygens (including phenoxy) is 1. The Morgan fingerprint density at radius 2 is 1.91 bits per heavy atom. The van der Waals surface area contributed by atoms with Gasteiger partial charge < -0.3 is 4.74 Å². The number of methoxy groups -OCH3 is 1. The summed E-state index contributed by atoms with van der Waals surface area (Å²) in [4.78, 5) is 30.1. The number of rotatable bonds is 5. The second-order valence-corrected chi connectivity index (χ2v) is 5.44. The first kappa shape index (κ1) is 18.1. The summed E-state index contributed by atoms with van der Waals surface area (Å²) < 4.78 is 4.73. The molecule has 0 unspecified atom stereocenters. The minimum atomic E-state index is -0.0979. The van der Waals surface area contributed by atoms with E-state index in [0.717, 1.165) is 13.0 Å². The largest absolute Gasteiger partial charge is 0.469 e. The van der Waals surface area contributed by atoms with Crippen LogP contribution < -0.4 is 0 Å². The summed E-state index contributed by atoms with van der Waals surface area (Å²) in [6.45, 7) is 3.26. The third-order valence-electron chi connectivity index (χ3n) is 4.07. The molecular weight excluding hydrogens is 282 g/mol. The maximum atomic E-state index is 11.3. The molecule has 0 N–H and O–H groups in total. The molecule has 1 heterocycles. The molecule has 2 atom stereocenters. The highest BCUT2D eigenvalue weighted by Gasteiger charge is 2.30. The van der Waals surface area contributed by atoms with Gasteiger partial charge >= 0.3 is 12.1 Å². The quantitative estimate of drug-likeness (QED) is 0.782. The van der Waals surface area contributed by atoms with Crippen molar-refractivity contribution in [2.75, 3.05) is 7.11 Å². The molecule has 5 heteroatoms. The Balaban J connectivity index is 0.000000745. The molecule has 0 saturated carbocycles. The van der Waals surface area contributed by atoms with Gasteiger partial charge in [0, 0.05) is 25.0 Å². The number of nitrogens with zero attached hydrogens (tertiary/aromatic N) is 1. The van der Waals surface area contributed by atoms with E-state index < -0.39 is 0 Å². The second-order valence-electron chi connectivity index (χ2n) is 5.44. The molecule has 1 fully saturated rings. The van der Waals surface area contributed by atoms with Gasteiger partial charge in [0.05, 0.1) is 7.11 Å². The van der Waals surface area contributed by atoms with E-state index in [1.807, 2.05) is 6.07 Å². The van der Waals surface area contributed by atoms with Crippen LogP contribution in [0.4, 0.5) is 0 Å². The Morgan fingerprint density at radius 3 is 2.50 bits per heavy atom. The smallest absolute Gasteiger partial charge is 0.373 e. The van der Waals surface area contributed by atoms with E-state index >= 15 is 0 Å². The molecule has 1 aromatic rings. The summed E-state index contributed by atoms with van der Waals surface area (Å²) in [6.07, 6.45) is 4.09. The monoisotopic (exact) mass is 305 g/mol. The summed E-state index contributed by atoms with van der Waals surface area (Å²) in [5.41, 5.74) is 1.35. The number of carbonyl (C=O) groups is 1. The van der Waals surface area contributed by atoms with Crippen LogP contribution in [0.2, 0.25) is 0 Å². The fourth-order valence-corrected chi connectivity index (χ4v) is 2.90. The van der Waals surface area contributed by atoms with E-state index in [1.165, 1.54) is 25.5 Å². The van der Waals surface area contributed by atoms with Crippen LogP contribution in [0.1, 0.15) is 38.2 Å². The molecule has 0 spiro atoms. The predicted molar refractivity (Wildman–Crippen MR) is 80.7 cm³/mol. The predicted octanol–water partition coefficient (Wildman–Crippen LogP) is 2.41. The van der Waals surface area contributed by atoms with Crippen molar-refractivity contribution in [3.05, 3.63) is 35.9 Å². The number of hydrogen-bond acceptors (Lipinski definition) is 5. The molecule has 5 nitrogen and oxygen atoms in total. The third-order valence-corrected chi connectivity index (χ3v) is 4.07. The van der Waals surface area contributed by atoms with Gasteiger partial charge in [0.2, 0.25) is 0 Å². The highest BCUT2D eigenvalue weighted by atomic mass is 16.5. The number of carbonyl (C=O) groups excluding carboxylic acids is 3. The number of esters is 1. The lowest BCUT2D eigenvalue weighted by molar-refractivity contribution is -0.191. The summed E-state index contributed by atoms with van der Waals surface area (Å²) in [5.74, 6) is -0.0979. The molecule has 1 saturated heterocycles. The van der Waals surface area contributed by atoms with Crippen LogP contribution >= 0.6 is 0 Å². The van der Waals surface area contributed by atoms with E-state index in [9.17, 15) is 4.79 Å². The normalized spacial score (nSPS) is 20.6. The van der Waals surface area contributed by atoms with Gasteiger partial charge in [0.25, 0.3) is 0 Å². The second kappa shape index (κ2) is 9.87. The molecule has 1 aromatic carbocycles. The lowest BCUT2D eigenvalue weighted by Gasteiger charge is -2.28. The molecule has 0 aliphatic carbocycles. The average molecular weight is 305 g/mol. The lowest BCUT2D eigenvalue weighted by atomic mass is 10.1. The van der Waals surface area contributed by atoms with Gasteiger partial charge in [-0.1, -0.05) is 30.3 Å². The van der Waals surface area contributed by atoms with Gasteiger partial charge in [-0.15, -0.1) is 0 Å². The van der Waals surface area contributed by atoms with Gasteiger partial charge in [-0.05, 0) is 31.7 Å². The van der Waals surface area contributed by atoms with Crippen LogP contribution in [0.5, 0.6) is 0 Å². The van der Waals surface area contributed by atoms with Crippen molar-refractivity contribution in [2.24, 2.45) is 0 Å². The topological polar surface area (TPSA) is 63.7 Å². The zero-order valence-electron chi connectivity index (χ0n) is 13.2. The summed E-state index contributed by atoms with van der Waals surface area (Å²) in [5, 5.41) is 0. The van der Waals surface area contributed by atoms with Crippen molar-refractivity contribution in [3.8, 4) is 0 Å². The molecule has 0 bridgehead atoms. The highest BCUT2D eigenvalue weighted by molar-refractivity contribution is 5.69. The van der Waals surface area contributed by atoms with E-state index in [4.69, 9.17) is 14.3 Å². The third kappa shape index (κ3) is 5.80. The maximum absolute atomic E-state index is 11.3. The Kier molecular flexibility index (Phi) is 8.11. The number of hydrogen-bond donors (Lipinski definition) is 0. The molecule has 0 radical (unpaired) electrons. The lowest BCUT2D eigenvalue weighted by Crippen LogP contribution is -2.34. The molecule has 0 aromatic heterocycles. The van der Waals surface area contributed by atoms with Crippen LogP contribution in [0.3, 0.4) is 0 Å². The van der Waals surface area contributed by atoms with Crippen LogP contribution in [-0.2, 0) is 25.7 Å². The first-order valence-corrected chi connectivity index (χ1v) is 7.48. The van der Waals surface area contributed by atoms with E-state index in [-0.39, 0.29) is 12.1 Å². The van der Waals surface area contributed by atoms with Gasteiger partial charge in [0.15, 0.2) is 0 Å². The Bertz CT molecular complexity index is 483. The zero-order chi connectivity index (χ0) is 16.4. The SMILES string of the molecule is COC(=O)CC[C@H]1CC[C@@H](C)N1Cc1ccccc1.O=C=O. The average Bonchev–Trinajstić information content (AvgIpc) is 2.87. The van der Waals surface area contributed by atoms with Crippen LogP contribution in [-0.4, -0.2) is 36.2 Å². The molecule has 1 aliphatic heterocycles. The molecule has 120 valence electrons. The number of likely N-dealkylation sites (tertiary alicyclic amines) is 1. The van der Waals surface area contributed by atoms with Crippen LogP contribution in [0, 0.1) is 0 Å². The van der Waals surface area contributed by atoms with E-state index in [2.05, 4.69) is 36.1 Å². The van der Waals surface area contributed by atoms with Gasteiger partial charge in [0.1, 0.15) is 0 Å². The van der Waals surface area contributed by atoms with Crippen molar-refractivity contribution >= 4 is 12.1 Å². The standard InChI is InChI=1S/C16H23NO2.CO2/c1-13-8-9-15(10-11-16(18)19-2)17(13)12-14-6-4-3-5-7-14;2-1-3/h3-7,13,15H,8-12H2,1-2H3;/t13-,15-;/m1./s1. The minimum absolute atomic E-state index is 0.0979. The van der Waals surface area contributed by atoms with Crippen molar-refractivity contribution in [1.82, 2.24) is 4.90 Å². The van der Waals surface area contributed by atoms with Crippen molar-refractivity contribution in [2.45, 2.75) is 51.2 Å². The van der Waals surface area contributed by atoms with Crippen LogP contribution in [0.25, 0.3) is 0 Å².